The van der Waals surface area contributed by atoms with Crippen LogP contribution in [0.15, 0.2) is 36.8 Å². The SMILES string of the molecule is CC(O)(c1ncc(-c2cc(Nc3nccc(C(F)(F)F)n3)cc3cn[nH]c23)s1)[C@H]1CC[C@H](C(=O)O)CC1. The zero-order valence-corrected chi connectivity index (χ0v) is 20.4. The standard InChI is InChI=1S/C24H23F3N6O3S/c1-23(36,14-4-2-12(3-5-14)20(34)35)21-29-11-17(37-21)16-9-15(8-13-10-30-33-19(13)16)31-22-28-7-6-18(32-22)24(25,26)27/h6-12,14,36H,2-5H2,1H3,(H,30,33)(H,34,35)(H,28,31,32)/t12-,14-,23?. The lowest BCUT2D eigenvalue weighted by molar-refractivity contribution is -0.144. The lowest BCUT2D eigenvalue weighted by atomic mass is 9.74. The minimum absolute atomic E-state index is 0.125. The van der Waals surface area contributed by atoms with Crippen LogP contribution in [-0.2, 0) is 16.6 Å². The molecule has 1 atom stereocenters. The molecular formula is C24H23F3N6O3S. The van der Waals surface area contributed by atoms with Gasteiger partial charge in [-0.15, -0.1) is 11.3 Å². The van der Waals surface area contributed by atoms with E-state index in [0.29, 0.717) is 52.8 Å². The van der Waals surface area contributed by atoms with E-state index in [1.54, 1.807) is 31.5 Å². The minimum atomic E-state index is -4.60. The van der Waals surface area contributed by atoms with Crippen molar-refractivity contribution in [2.45, 2.75) is 44.4 Å². The molecule has 0 amide bonds. The number of fused-ring (bicyclic) bond motifs is 1. The average molecular weight is 533 g/mol. The highest BCUT2D eigenvalue weighted by Crippen LogP contribution is 2.44. The van der Waals surface area contributed by atoms with Crippen molar-refractivity contribution >= 4 is 39.8 Å². The summed E-state index contributed by atoms with van der Waals surface area (Å²) in [7, 11) is 0. The molecule has 1 aromatic carbocycles. The molecule has 37 heavy (non-hydrogen) atoms. The number of carboxylic acids is 1. The largest absolute Gasteiger partial charge is 0.481 e. The smallest absolute Gasteiger partial charge is 0.433 e. The van der Waals surface area contributed by atoms with Crippen molar-refractivity contribution in [2.75, 3.05) is 5.32 Å². The number of thiazole rings is 1. The third kappa shape index (κ3) is 5.01. The first-order valence-corrected chi connectivity index (χ1v) is 12.4. The van der Waals surface area contributed by atoms with E-state index < -0.39 is 23.4 Å². The van der Waals surface area contributed by atoms with E-state index in [2.05, 4.69) is 30.5 Å². The van der Waals surface area contributed by atoms with Crippen molar-refractivity contribution in [3.63, 3.8) is 0 Å². The number of halogens is 3. The van der Waals surface area contributed by atoms with Crippen molar-refractivity contribution in [3.05, 3.63) is 47.5 Å². The van der Waals surface area contributed by atoms with E-state index in [4.69, 9.17) is 0 Å². The highest BCUT2D eigenvalue weighted by atomic mass is 32.1. The maximum atomic E-state index is 13.1. The number of aromatic nitrogens is 5. The number of aliphatic carboxylic acids is 1. The van der Waals surface area contributed by atoms with Gasteiger partial charge in [-0.3, -0.25) is 9.89 Å². The van der Waals surface area contributed by atoms with Crippen molar-refractivity contribution in [1.82, 2.24) is 25.1 Å². The van der Waals surface area contributed by atoms with Crippen LogP contribution in [0, 0.1) is 11.8 Å². The highest BCUT2D eigenvalue weighted by Gasteiger charge is 2.40. The zero-order valence-electron chi connectivity index (χ0n) is 19.6. The van der Waals surface area contributed by atoms with Gasteiger partial charge in [-0.05, 0) is 56.7 Å². The van der Waals surface area contributed by atoms with E-state index in [9.17, 15) is 28.2 Å². The topological polar surface area (TPSA) is 137 Å². The molecule has 1 saturated carbocycles. The zero-order chi connectivity index (χ0) is 26.4. The quantitative estimate of drug-likeness (QED) is 0.261. The summed E-state index contributed by atoms with van der Waals surface area (Å²) in [5.41, 5.74) is -0.439. The van der Waals surface area contributed by atoms with Gasteiger partial charge in [0.15, 0.2) is 0 Å². The van der Waals surface area contributed by atoms with Gasteiger partial charge in [0.05, 0.1) is 22.5 Å². The van der Waals surface area contributed by atoms with Crippen LogP contribution in [0.2, 0.25) is 0 Å². The van der Waals surface area contributed by atoms with Crippen LogP contribution < -0.4 is 5.32 Å². The molecule has 1 fully saturated rings. The van der Waals surface area contributed by atoms with E-state index in [0.717, 1.165) is 17.1 Å². The first-order chi connectivity index (χ1) is 17.5. The summed E-state index contributed by atoms with van der Waals surface area (Å²) in [6.07, 6.45) is 1.86. The third-order valence-corrected chi connectivity index (χ3v) is 8.08. The van der Waals surface area contributed by atoms with Crippen LogP contribution in [0.4, 0.5) is 24.8 Å². The van der Waals surface area contributed by atoms with Crippen molar-refractivity contribution in [3.8, 4) is 10.4 Å². The molecule has 4 N–H and O–H groups in total. The van der Waals surface area contributed by atoms with Gasteiger partial charge in [0.25, 0.3) is 0 Å². The number of anilines is 2. The monoisotopic (exact) mass is 532 g/mol. The third-order valence-electron chi connectivity index (χ3n) is 6.83. The molecule has 0 spiro atoms. The maximum Gasteiger partial charge on any atom is 0.433 e. The Bertz CT molecular complexity index is 1440. The van der Waals surface area contributed by atoms with Crippen molar-refractivity contribution < 1.29 is 28.2 Å². The second kappa shape index (κ2) is 9.38. The summed E-state index contributed by atoms with van der Waals surface area (Å²) in [6.45, 7) is 1.70. The van der Waals surface area contributed by atoms with E-state index in [1.807, 2.05) is 0 Å². The van der Waals surface area contributed by atoms with Crippen LogP contribution in [0.1, 0.15) is 43.3 Å². The van der Waals surface area contributed by atoms with Gasteiger partial charge >= 0.3 is 12.1 Å². The summed E-state index contributed by atoms with van der Waals surface area (Å²) >= 11 is 1.30. The van der Waals surface area contributed by atoms with Gasteiger partial charge in [0, 0.05) is 29.0 Å². The molecule has 4 aromatic rings. The van der Waals surface area contributed by atoms with E-state index in [-0.39, 0.29) is 17.8 Å². The summed E-state index contributed by atoms with van der Waals surface area (Å²) in [5, 5.41) is 31.7. The molecule has 0 radical (unpaired) electrons. The average Bonchev–Trinajstić information content (AvgIpc) is 3.54. The number of aliphatic hydroxyl groups is 1. The maximum absolute atomic E-state index is 13.1. The van der Waals surface area contributed by atoms with Gasteiger partial charge in [-0.2, -0.15) is 18.3 Å². The second-order valence-electron chi connectivity index (χ2n) is 9.31. The molecule has 0 aliphatic heterocycles. The summed E-state index contributed by atoms with van der Waals surface area (Å²) in [6, 6.07) is 4.24. The molecule has 1 unspecified atom stereocenters. The molecule has 3 aromatic heterocycles. The van der Waals surface area contributed by atoms with E-state index >= 15 is 0 Å². The van der Waals surface area contributed by atoms with Crippen LogP contribution in [0.3, 0.4) is 0 Å². The van der Waals surface area contributed by atoms with Crippen molar-refractivity contribution in [1.29, 1.82) is 0 Å². The molecule has 1 aliphatic carbocycles. The fourth-order valence-electron chi connectivity index (χ4n) is 4.74. The molecule has 3 heterocycles. The first kappa shape index (κ1) is 25.1. The minimum Gasteiger partial charge on any atom is -0.481 e. The Morgan fingerprint density at radius 2 is 1.92 bits per heavy atom. The Labute approximate surface area is 212 Å². The Balaban J connectivity index is 1.43. The molecule has 9 nitrogen and oxygen atoms in total. The van der Waals surface area contributed by atoms with Crippen LogP contribution >= 0.6 is 11.3 Å². The van der Waals surface area contributed by atoms with Gasteiger partial charge < -0.3 is 15.5 Å². The van der Waals surface area contributed by atoms with Gasteiger partial charge in [-0.1, -0.05) is 0 Å². The number of carbonyl (C=O) groups is 1. The molecular weight excluding hydrogens is 509 g/mol. The summed E-state index contributed by atoms with van der Waals surface area (Å²) in [4.78, 5) is 24.0. The van der Waals surface area contributed by atoms with Crippen LogP contribution in [0.5, 0.6) is 0 Å². The second-order valence-corrected chi connectivity index (χ2v) is 10.3. The molecule has 1 aliphatic rings. The molecule has 13 heteroatoms. The lowest BCUT2D eigenvalue weighted by Crippen LogP contribution is -2.35. The number of rotatable bonds is 6. The van der Waals surface area contributed by atoms with Gasteiger partial charge in [0.2, 0.25) is 5.95 Å². The Morgan fingerprint density at radius 3 is 2.62 bits per heavy atom. The number of carboxylic acid groups (broad SMARTS) is 1. The van der Waals surface area contributed by atoms with Crippen LogP contribution in [-0.4, -0.2) is 41.3 Å². The number of nitrogens with zero attached hydrogens (tertiary/aromatic N) is 4. The number of hydrogen-bond acceptors (Lipinski definition) is 8. The molecule has 5 rings (SSSR count). The number of hydrogen-bond donors (Lipinski definition) is 4. The lowest BCUT2D eigenvalue weighted by Gasteiger charge is -2.35. The number of H-pyrrole nitrogens is 1. The predicted molar refractivity (Wildman–Crippen MR) is 130 cm³/mol. The van der Waals surface area contributed by atoms with Crippen molar-refractivity contribution in [2.24, 2.45) is 11.8 Å². The van der Waals surface area contributed by atoms with Crippen LogP contribution in [0.25, 0.3) is 21.3 Å². The molecule has 0 bridgehead atoms. The Kier molecular flexibility index (Phi) is 6.36. The summed E-state index contributed by atoms with van der Waals surface area (Å²) < 4.78 is 39.2. The fraction of sp³-hybridized carbons (Fsp3) is 0.375. The number of benzene rings is 1. The summed E-state index contributed by atoms with van der Waals surface area (Å²) in [5.74, 6) is -1.51. The van der Waals surface area contributed by atoms with Gasteiger partial charge in [0.1, 0.15) is 16.3 Å². The van der Waals surface area contributed by atoms with E-state index in [1.165, 1.54) is 11.3 Å². The predicted octanol–water partition coefficient (Wildman–Crippen LogP) is 5.34. The molecule has 194 valence electrons. The fourth-order valence-corrected chi connectivity index (χ4v) is 5.80. The Hall–Kier alpha value is -3.58. The normalized spacial score (nSPS) is 20.0. The number of aromatic amines is 1. The number of nitrogens with one attached hydrogen (secondary N) is 2. The highest BCUT2D eigenvalue weighted by molar-refractivity contribution is 7.15. The first-order valence-electron chi connectivity index (χ1n) is 11.6. The molecule has 0 saturated heterocycles. The number of alkyl halides is 3. The van der Waals surface area contributed by atoms with Gasteiger partial charge in [-0.25, -0.2) is 15.0 Å². The Morgan fingerprint density at radius 1 is 1.16 bits per heavy atom.